The first-order chi connectivity index (χ1) is 8.16. The molecule has 0 amide bonds. The molecule has 0 saturated heterocycles. The van der Waals surface area contributed by atoms with Crippen LogP contribution in [0.2, 0.25) is 0 Å². The van der Waals surface area contributed by atoms with Crippen LogP contribution >= 0.6 is 0 Å². The number of nitrogens with zero attached hydrogens (tertiary/aromatic N) is 1. The Kier molecular flexibility index (Phi) is 2.14. The molecule has 1 aliphatic rings. The highest BCUT2D eigenvalue weighted by Gasteiger charge is 2.32. The second kappa shape index (κ2) is 3.55. The summed E-state index contributed by atoms with van der Waals surface area (Å²) in [6.45, 7) is 0. The fraction of sp³-hybridized carbons (Fsp3) is 0.250. The minimum absolute atomic E-state index is 0.0809. The molecule has 0 bridgehead atoms. The van der Waals surface area contributed by atoms with Crippen LogP contribution in [0.15, 0.2) is 22.7 Å². The van der Waals surface area contributed by atoms with Gasteiger partial charge < -0.3 is 10.3 Å². The summed E-state index contributed by atoms with van der Waals surface area (Å²) in [5, 5.41) is 3.86. The molecule has 2 aromatic rings. The number of hydrogen-bond acceptors (Lipinski definition) is 3. The smallest absolute Gasteiger partial charge is 0.230 e. The van der Waals surface area contributed by atoms with E-state index in [1.165, 1.54) is 12.1 Å². The lowest BCUT2D eigenvalue weighted by Gasteiger charge is -2.03. The van der Waals surface area contributed by atoms with Crippen LogP contribution in [0.5, 0.6) is 0 Å². The van der Waals surface area contributed by atoms with Crippen molar-refractivity contribution in [3.8, 4) is 11.1 Å². The monoisotopic (exact) mass is 236 g/mol. The van der Waals surface area contributed by atoms with Crippen LogP contribution in [0, 0.1) is 11.6 Å². The van der Waals surface area contributed by atoms with Gasteiger partial charge in [-0.15, -0.1) is 0 Å². The molecule has 5 heteroatoms. The lowest BCUT2D eigenvalue weighted by atomic mass is 10.0. The van der Waals surface area contributed by atoms with Crippen molar-refractivity contribution in [2.45, 2.75) is 18.8 Å². The van der Waals surface area contributed by atoms with E-state index in [0.717, 1.165) is 18.9 Å². The summed E-state index contributed by atoms with van der Waals surface area (Å²) in [6.07, 6.45) is 2.00. The fourth-order valence-corrected chi connectivity index (χ4v) is 1.91. The minimum Gasteiger partial charge on any atom is -0.367 e. The molecule has 1 aliphatic carbocycles. The Bertz CT molecular complexity index is 576. The van der Waals surface area contributed by atoms with E-state index < -0.39 is 11.6 Å². The Labute approximate surface area is 96.2 Å². The Hall–Kier alpha value is -1.91. The third-order valence-corrected chi connectivity index (χ3v) is 2.91. The first-order valence-electron chi connectivity index (χ1n) is 5.37. The molecule has 3 nitrogen and oxygen atoms in total. The quantitative estimate of drug-likeness (QED) is 0.871. The van der Waals surface area contributed by atoms with E-state index in [0.29, 0.717) is 11.3 Å². The van der Waals surface area contributed by atoms with Gasteiger partial charge in [-0.3, -0.25) is 0 Å². The lowest BCUT2D eigenvalue weighted by Crippen LogP contribution is -1.93. The van der Waals surface area contributed by atoms with Crippen molar-refractivity contribution in [1.29, 1.82) is 0 Å². The van der Waals surface area contributed by atoms with Crippen LogP contribution < -0.4 is 5.73 Å². The van der Waals surface area contributed by atoms with Gasteiger partial charge >= 0.3 is 0 Å². The largest absolute Gasteiger partial charge is 0.367 e. The summed E-state index contributed by atoms with van der Waals surface area (Å²) in [7, 11) is 0. The topological polar surface area (TPSA) is 52.0 Å². The molecule has 2 N–H and O–H groups in total. The standard InChI is InChI=1S/C12H10F2N2O/c13-7-3-4-8(9(14)5-7)10-11(6-1-2-6)16-17-12(10)15/h3-6H,1-2,15H2. The van der Waals surface area contributed by atoms with Gasteiger partial charge in [0.25, 0.3) is 0 Å². The SMILES string of the molecule is Nc1onc(C2CC2)c1-c1ccc(F)cc1F. The number of nitrogens with two attached hydrogens (primary N) is 1. The van der Waals surface area contributed by atoms with E-state index in [9.17, 15) is 8.78 Å². The second-order valence-electron chi connectivity index (χ2n) is 4.21. The maximum Gasteiger partial charge on any atom is 0.230 e. The maximum absolute atomic E-state index is 13.7. The molecule has 0 atom stereocenters. The van der Waals surface area contributed by atoms with Gasteiger partial charge in [-0.25, -0.2) is 8.78 Å². The van der Waals surface area contributed by atoms with Crippen LogP contribution in [0.1, 0.15) is 24.5 Å². The van der Waals surface area contributed by atoms with Crippen LogP contribution in [0.4, 0.5) is 14.7 Å². The third-order valence-electron chi connectivity index (χ3n) is 2.91. The highest BCUT2D eigenvalue weighted by molar-refractivity contribution is 5.76. The summed E-state index contributed by atoms with van der Waals surface area (Å²) in [4.78, 5) is 0. The van der Waals surface area contributed by atoms with Gasteiger partial charge in [0, 0.05) is 17.5 Å². The Morgan fingerprint density at radius 1 is 1.29 bits per heavy atom. The lowest BCUT2D eigenvalue weighted by molar-refractivity contribution is 0.428. The first-order valence-corrected chi connectivity index (χ1v) is 5.37. The van der Waals surface area contributed by atoms with Crippen molar-refractivity contribution in [3.05, 3.63) is 35.5 Å². The van der Waals surface area contributed by atoms with Crippen molar-refractivity contribution in [3.63, 3.8) is 0 Å². The molecule has 17 heavy (non-hydrogen) atoms. The van der Waals surface area contributed by atoms with Gasteiger partial charge in [0.05, 0.1) is 11.3 Å². The zero-order chi connectivity index (χ0) is 12.0. The molecule has 3 rings (SSSR count). The van der Waals surface area contributed by atoms with Crippen molar-refractivity contribution < 1.29 is 13.3 Å². The van der Waals surface area contributed by atoms with Gasteiger partial charge in [-0.1, -0.05) is 5.16 Å². The van der Waals surface area contributed by atoms with E-state index in [4.69, 9.17) is 10.3 Å². The highest BCUT2D eigenvalue weighted by Crippen LogP contribution is 2.46. The van der Waals surface area contributed by atoms with Crippen LogP contribution in [0.25, 0.3) is 11.1 Å². The Balaban J connectivity index is 2.16. The number of benzene rings is 1. The number of aromatic nitrogens is 1. The molecule has 1 fully saturated rings. The third kappa shape index (κ3) is 1.67. The van der Waals surface area contributed by atoms with Crippen molar-refractivity contribution in [2.75, 3.05) is 5.73 Å². The minimum atomic E-state index is -0.651. The van der Waals surface area contributed by atoms with Crippen molar-refractivity contribution >= 4 is 5.88 Å². The van der Waals surface area contributed by atoms with Crippen molar-refractivity contribution in [2.24, 2.45) is 0 Å². The van der Waals surface area contributed by atoms with E-state index in [1.54, 1.807) is 0 Å². The van der Waals surface area contributed by atoms with E-state index in [1.807, 2.05) is 0 Å². The Morgan fingerprint density at radius 2 is 2.06 bits per heavy atom. The van der Waals surface area contributed by atoms with Gasteiger partial charge in [0.15, 0.2) is 0 Å². The number of rotatable bonds is 2. The normalized spacial score (nSPS) is 15.2. The van der Waals surface area contributed by atoms with Crippen LogP contribution in [-0.4, -0.2) is 5.16 Å². The van der Waals surface area contributed by atoms with Gasteiger partial charge in [0.1, 0.15) is 11.6 Å². The zero-order valence-corrected chi connectivity index (χ0v) is 8.91. The average Bonchev–Trinajstić information content (AvgIpc) is 3.04. The van der Waals surface area contributed by atoms with Crippen LogP contribution in [0.3, 0.4) is 0 Å². The number of halogens is 2. The molecule has 88 valence electrons. The number of nitrogen functional groups attached to an aromatic ring is 1. The molecule has 0 spiro atoms. The molecular formula is C12H10F2N2O. The summed E-state index contributed by atoms with van der Waals surface area (Å²) < 4.78 is 31.4. The molecule has 0 radical (unpaired) electrons. The molecule has 0 aliphatic heterocycles. The van der Waals surface area contributed by atoms with Gasteiger partial charge in [-0.05, 0) is 25.0 Å². The van der Waals surface area contributed by atoms with E-state index >= 15 is 0 Å². The molecular weight excluding hydrogens is 226 g/mol. The maximum atomic E-state index is 13.7. The zero-order valence-electron chi connectivity index (χ0n) is 8.91. The van der Waals surface area contributed by atoms with Crippen LogP contribution in [-0.2, 0) is 0 Å². The first kappa shape index (κ1) is 10.3. The molecule has 1 saturated carbocycles. The molecule has 0 unspecified atom stereocenters. The van der Waals surface area contributed by atoms with E-state index in [2.05, 4.69) is 5.16 Å². The molecule has 1 heterocycles. The highest BCUT2D eigenvalue weighted by atomic mass is 19.1. The van der Waals surface area contributed by atoms with Gasteiger partial charge in [0.2, 0.25) is 5.88 Å². The van der Waals surface area contributed by atoms with E-state index in [-0.39, 0.29) is 17.4 Å². The summed E-state index contributed by atoms with van der Waals surface area (Å²) in [5.41, 5.74) is 7.04. The van der Waals surface area contributed by atoms with Gasteiger partial charge in [-0.2, -0.15) is 0 Å². The fourth-order valence-electron chi connectivity index (χ4n) is 1.91. The molecule has 1 aromatic heterocycles. The number of anilines is 1. The average molecular weight is 236 g/mol. The van der Waals surface area contributed by atoms with Crippen molar-refractivity contribution in [1.82, 2.24) is 5.16 Å². The summed E-state index contributed by atoms with van der Waals surface area (Å²) >= 11 is 0. The summed E-state index contributed by atoms with van der Waals surface area (Å²) in [5.74, 6) is -0.899. The molecule has 1 aromatic carbocycles. The predicted molar refractivity (Wildman–Crippen MR) is 58.2 cm³/mol. The predicted octanol–water partition coefficient (Wildman–Crippen LogP) is 3.08. The second-order valence-corrected chi connectivity index (χ2v) is 4.21. The Morgan fingerprint density at radius 3 is 2.71 bits per heavy atom. The summed E-state index contributed by atoms with van der Waals surface area (Å²) in [6, 6.07) is 3.39. The number of hydrogen-bond donors (Lipinski definition) is 1.